The zero-order valence-electron chi connectivity index (χ0n) is 16.5. The molecule has 29 heavy (non-hydrogen) atoms. The number of benzene rings is 2. The van der Waals surface area contributed by atoms with Crippen LogP contribution in [0, 0.1) is 6.92 Å². The van der Waals surface area contributed by atoms with E-state index in [1.54, 1.807) is 19.1 Å². The first-order chi connectivity index (χ1) is 14.0. The topological polar surface area (TPSA) is 40.5 Å². The smallest absolute Gasteiger partial charge is 0.339 e. The lowest BCUT2D eigenvalue weighted by atomic mass is 10.2. The molecular formula is C23H23Cl2NO3. The van der Waals surface area contributed by atoms with E-state index in [4.69, 9.17) is 32.7 Å². The Morgan fingerprint density at radius 2 is 1.83 bits per heavy atom. The van der Waals surface area contributed by atoms with E-state index in [1.807, 2.05) is 54.0 Å². The second-order valence-corrected chi connectivity index (χ2v) is 7.42. The van der Waals surface area contributed by atoms with Crippen molar-refractivity contribution in [2.24, 2.45) is 0 Å². The van der Waals surface area contributed by atoms with Crippen LogP contribution in [-0.2, 0) is 22.5 Å². The molecule has 0 spiro atoms. The van der Waals surface area contributed by atoms with Gasteiger partial charge in [-0.3, -0.25) is 0 Å². The molecule has 6 heteroatoms. The molecule has 1 aromatic heterocycles. The predicted octanol–water partition coefficient (Wildman–Crippen LogP) is 6.03. The first-order valence-corrected chi connectivity index (χ1v) is 10.2. The lowest BCUT2D eigenvalue weighted by molar-refractivity contribution is 0.0525. The number of aromatic nitrogens is 1. The number of ether oxygens (including phenoxy) is 2. The predicted molar refractivity (Wildman–Crippen MR) is 116 cm³/mol. The molecular weight excluding hydrogens is 409 g/mol. The molecule has 0 aliphatic rings. The van der Waals surface area contributed by atoms with Gasteiger partial charge in [0.25, 0.3) is 0 Å². The monoisotopic (exact) mass is 431 g/mol. The number of halogens is 2. The van der Waals surface area contributed by atoms with E-state index in [1.165, 1.54) is 0 Å². The van der Waals surface area contributed by atoms with Crippen LogP contribution in [0.3, 0.4) is 0 Å². The van der Waals surface area contributed by atoms with Crippen LogP contribution < -0.4 is 0 Å². The number of hydrogen-bond acceptors (Lipinski definition) is 3. The SMILES string of the molecule is CCOC(=O)c1cc(CCOCc2ccccc2)n(-c2ccc(Cl)cc2Cl)c1C. The van der Waals surface area contributed by atoms with Crippen LogP contribution in [0.5, 0.6) is 0 Å². The van der Waals surface area contributed by atoms with E-state index in [-0.39, 0.29) is 5.97 Å². The van der Waals surface area contributed by atoms with Gasteiger partial charge in [0.1, 0.15) is 0 Å². The number of carbonyl (C=O) groups excluding carboxylic acids is 1. The van der Waals surface area contributed by atoms with E-state index in [2.05, 4.69) is 0 Å². The molecule has 0 saturated heterocycles. The van der Waals surface area contributed by atoms with Crippen molar-refractivity contribution in [3.05, 3.63) is 87.2 Å². The second-order valence-electron chi connectivity index (χ2n) is 6.57. The maximum atomic E-state index is 12.4. The average molecular weight is 432 g/mol. The minimum absolute atomic E-state index is 0.320. The van der Waals surface area contributed by atoms with Crippen LogP contribution in [-0.4, -0.2) is 23.8 Å². The Labute approximate surface area is 181 Å². The molecule has 152 valence electrons. The zero-order chi connectivity index (χ0) is 20.8. The first kappa shape index (κ1) is 21.4. The van der Waals surface area contributed by atoms with E-state index in [0.29, 0.717) is 41.9 Å². The minimum Gasteiger partial charge on any atom is -0.462 e. The fraction of sp³-hybridized carbons (Fsp3) is 0.261. The van der Waals surface area contributed by atoms with E-state index in [0.717, 1.165) is 22.6 Å². The molecule has 3 aromatic rings. The summed E-state index contributed by atoms with van der Waals surface area (Å²) in [5.41, 5.74) is 4.10. The quantitative estimate of drug-likeness (QED) is 0.322. The van der Waals surface area contributed by atoms with Crippen LogP contribution in [0.1, 0.15) is 34.2 Å². The van der Waals surface area contributed by atoms with Crippen LogP contribution in [0.15, 0.2) is 54.6 Å². The second kappa shape index (κ2) is 9.97. The van der Waals surface area contributed by atoms with Crippen molar-refractivity contribution in [3.63, 3.8) is 0 Å². The molecule has 0 N–H and O–H groups in total. The van der Waals surface area contributed by atoms with Crippen molar-refractivity contribution < 1.29 is 14.3 Å². The van der Waals surface area contributed by atoms with Crippen LogP contribution >= 0.6 is 23.2 Å². The third kappa shape index (κ3) is 5.21. The van der Waals surface area contributed by atoms with Crippen LogP contribution in [0.25, 0.3) is 5.69 Å². The summed E-state index contributed by atoms with van der Waals surface area (Å²) in [6, 6.07) is 17.2. The average Bonchev–Trinajstić information content (AvgIpc) is 3.03. The number of hydrogen-bond donors (Lipinski definition) is 0. The van der Waals surface area contributed by atoms with Crippen molar-refractivity contribution in [3.8, 4) is 5.69 Å². The van der Waals surface area contributed by atoms with Gasteiger partial charge >= 0.3 is 5.97 Å². The fourth-order valence-corrected chi connectivity index (χ4v) is 3.70. The maximum absolute atomic E-state index is 12.4. The Bertz CT molecular complexity index is 983. The van der Waals surface area contributed by atoms with Crippen molar-refractivity contribution in [1.82, 2.24) is 4.57 Å². The number of nitrogens with zero attached hydrogens (tertiary/aromatic N) is 1. The molecule has 0 atom stereocenters. The molecule has 0 saturated carbocycles. The van der Waals surface area contributed by atoms with Gasteiger partial charge in [-0.15, -0.1) is 0 Å². The van der Waals surface area contributed by atoms with Gasteiger partial charge in [0, 0.05) is 22.8 Å². The maximum Gasteiger partial charge on any atom is 0.339 e. The summed E-state index contributed by atoms with van der Waals surface area (Å²) in [6.07, 6.45) is 0.617. The third-order valence-corrected chi connectivity index (χ3v) is 5.12. The largest absolute Gasteiger partial charge is 0.462 e. The molecule has 2 aromatic carbocycles. The summed E-state index contributed by atoms with van der Waals surface area (Å²) in [4.78, 5) is 12.4. The first-order valence-electron chi connectivity index (χ1n) is 9.46. The fourth-order valence-electron chi connectivity index (χ4n) is 3.21. The number of carbonyl (C=O) groups is 1. The Morgan fingerprint density at radius 1 is 1.07 bits per heavy atom. The molecule has 0 fully saturated rings. The summed E-state index contributed by atoms with van der Waals surface area (Å²) in [5, 5.41) is 1.07. The van der Waals surface area contributed by atoms with E-state index in [9.17, 15) is 4.79 Å². The van der Waals surface area contributed by atoms with Crippen molar-refractivity contribution in [2.75, 3.05) is 13.2 Å². The van der Waals surface area contributed by atoms with Crippen molar-refractivity contribution in [2.45, 2.75) is 26.9 Å². The van der Waals surface area contributed by atoms with Gasteiger partial charge in [-0.05, 0) is 43.7 Å². The van der Waals surface area contributed by atoms with E-state index < -0.39 is 0 Å². The Hall–Kier alpha value is -2.27. The Morgan fingerprint density at radius 3 is 2.52 bits per heavy atom. The summed E-state index contributed by atoms with van der Waals surface area (Å²) >= 11 is 12.5. The standard InChI is InChI=1S/C23H23Cl2NO3/c1-3-29-23(27)20-14-19(11-12-28-15-17-7-5-4-6-8-17)26(16(20)2)22-10-9-18(24)13-21(22)25/h4-10,13-14H,3,11-12,15H2,1-2H3. The van der Waals surface area contributed by atoms with E-state index >= 15 is 0 Å². The number of rotatable bonds is 8. The summed E-state index contributed by atoms with van der Waals surface area (Å²) in [7, 11) is 0. The van der Waals surface area contributed by atoms with Crippen molar-refractivity contribution in [1.29, 1.82) is 0 Å². The van der Waals surface area contributed by atoms with Gasteiger partial charge in [-0.2, -0.15) is 0 Å². The molecule has 0 aliphatic carbocycles. The molecule has 1 heterocycles. The minimum atomic E-state index is -0.347. The third-order valence-electron chi connectivity index (χ3n) is 4.58. The highest BCUT2D eigenvalue weighted by atomic mass is 35.5. The molecule has 3 rings (SSSR count). The number of esters is 1. The summed E-state index contributed by atoms with van der Waals surface area (Å²) in [6.45, 7) is 5.03. The molecule has 0 amide bonds. The van der Waals surface area contributed by atoms with Crippen molar-refractivity contribution >= 4 is 29.2 Å². The molecule has 0 unspecified atom stereocenters. The zero-order valence-corrected chi connectivity index (χ0v) is 18.0. The highest BCUT2D eigenvalue weighted by Gasteiger charge is 2.20. The summed E-state index contributed by atoms with van der Waals surface area (Å²) < 4.78 is 13.0. The molecule has 4 nitrogen and oxygen atoms in total. The highest BCUT2D eigenvalue weighted by Crippen LogP contribution is 2.29. The van der Waals surface area contributed by atoms with Gasteiger partial charge in [-0.1, -0.05) is 53.5 Å². The van der Waals surface area contributed by atoms with Gasteiger partial charge in [-0.25, -0.2) is 4.79 Å². The van der Waals surface area contributed by atoms with Gasteiger partial charge < -0.3 is 14.0 Å². The molecule has 0 aliphatic heterocycles. The lowest BCUT2D eigenvalue weighted by Crippen LogP contribution is -2.08. The molecule has 0 bridgehead atoms. The van der Waals surface area contributed by atoms with Crippen LogP contribution in [0.4, 0.5) is 0 Å². The Kier molecular flexibility index (Phi) is 7.37. The molecule has 0 radical (unpaired) electrons. The summed E-state index contributed by atoms with van der Waals surface area (Å²) in [5.74, 6) is -0.347. The highest BCUT2D eigenvalue weighted by molar-refractivity contribution is 6.35. The normalized spacial score (nSPS) is 10.9. The Balaban J connectivity index is 1.85. The van der Waals surface area contributed by atoms with Gasteiger partial charge in [0.15, 0.2) is 0 Å². The van der Waals surface area contributed by atoms with Gasteiger partial charge in [0.2, 0.25) is 0 Å². The lowest BCUT2D eigenvalue weighted by Gasteiger charge is -2.14. The van der Waals surface area contributed by atoms with Crippen LogP contribution in [0.2, 0.25) is 10.0 Å². The van der Waals surface area contributed by atoms with Gasteiger partial charge in [0.05, 0.1) is 36.1 Å².